The Hall–Kier alpha value is -0.380. The van der Waals surface area contributed by atoms with Crippen LogP contribution in [0.15, 0.2) is 11.6 Å². The fourth-order valence-corrected chi connectivity index (χ4v) is 7.61. The van der Waals surface area contributed by atoms with Gasteiger partial charge in [0.05, 0.1) is 11.7 Å². The van der Waals surface area contributed by atoms with Gasteiger partial charge in [0.25, 0.3) is 0 Å². The van der Waals surface area contributed by atoms with Crippen molar-refractivity contribution in [2.24, 2.45) is 28.6 Å². The van der Waals surface area contributed by atoms with Crippen LogP contribution in [0, 0.1) is 28.6 Å². The van der Waals surface area contributed by atoms with Gasteiger partial charge >= 0.3 is 0 Å². The van der Waals surface area contributed by atoms with Crippen LogP contribution in [0.5, 0.6) is 0 Å². The molecule has 5 aliphatic rings. The van der Waals surface area contributed by atoms with Crippen molar-refractivity contribution in [1.82, 2.24) is 4.90 Å². The smallest absolute Gasteiger partial charge is 0.0830 e. The average molecular weight is 346 g/mol. The lowest BCUT2D eigenvalue weighted by atomic mass is 9.47. The molecule has 1 saturated heterocycles. The maximum atomic E-state index is 11.6. The van der Waals surface area contributed by atoms with Crippen LogP contribution in [-0.4, -0.2) is 46.5 Å². The van der Waals surface area contributed by atoms with E-state index in [0.717, 1.165) is 44.1 Å². The summed E-state index contributed by atoms with van der Waals surface area (Å²) in [6.07, 6.45) is 11.3. The molecular weight excluding hydrogens is 310 g/mol. The SMILES string of the molecule is C[C@]12CC[C@@H](O)CC1=CC[C@H]1[C@H]2CC[C@@]2(C)[C@@H]1CC[C@@]2(O)CN1CC1. The Morgan fingerprint density at radius 3 is 2.60 bits per heavy atom. The number of nitrogens with zero attached hydrogens (tertiary/aromatic N) is 1. The number of hydrogen-bond donors (Lipinski definition) is 2. The predicted molar refractivity (Wildman–Crippen MR) is 99.1 cm³/mol. The number of rotatable bonds is 2. The largest absolute Gasteiger partial charge is 0.393 e. The van der Waals surface area contributed by atoms with Crippen LogP contribution >= 0.6 is 0 Å². The van der Waals surface area contributed by atoms with E-state index in [4.69, 9.17) is 0 Å². The number of allylic oxidation sites excluding steroid dienone is 1. The van der Waals surface area contributed by atoms with Gasteiger partial charge in [0.2, 0.25) is 0 Å². The van der Waals surface area contributed by atoms with Gasteiger partial charge in [0.1, 0.15) is 0 Å². The molecule has 1 heterocycles. The number of fused-ring (bicyclic) bond motifs is 5. The third-order valence-corrected chi connectivity index (χ3v) is 9.42. The maximum Gasteiger partial charge on any atom is 0.0830 e. The molecule has 2 N–H and O–H groups in total. The highest BCUT2D eigenvalue weighted by atomic mass is 16.3. The molecule has 4 fully saturated rings. The molecule has 3 nitrogen and oxygen atoms in total. The van der Waals surface area contributed by atoms with Crippen molar-refractivity contribution in [1.29, 1.82) is 0 Å². The fraction of sp³-hybridized carbons (Fsp3) is 0.909. The lowest BCUT2D eigenvalue weighted by molar-refractivity contribution is -0.128. The third-order valence-electron chi connectivity index (χ3n) is 9.42. The lowest BCUT2D eigenvalue weighted by Crippen LogP contribution is -2.56. The maximum absolute atomic E-state index is 11.6. The first-order valence-electron chi connectivity index (χ1n) is 10.7. The van der Waals surface area contributed by atoms with Gasteiger partial charge in [-0.3, -0.25) is 4.90 Å². The minimum atomic E-state index is -0.465. The molecule has 7 atom stereocenters. The first kappa shape index (κ1) is 16.8. The second-order valence-electron chi connectivity index (χ2n) is 10.5. The molecule has 0 spiro atoms. The zero-order chi connectivity index (χ0) is 17.4. The molecular formula is C22H35NO2. The van der Waals surface area contributed by atoms with Gasteiger partial charge < -0.3 is 10.2 Å². The van der Waals surface area contributed by atoms with Crippen molar-refractivity contribution in [3.05, 3.63) is 11.6 Å². The summed E-state index contributed by atoms with van der Waals surface area (Å²) in [5, 5.41) is 21.7. The number of aliphatic hydroxyl groups is 2. The summed E-state index contributed by atoms with van der Waals surface area (Å²) in [5.74, 6) is 2.19. The summed E-state index contributed by atoms with van der Waals surface area (Å²) in [6, 6.07) is 0. The molecule has 5 rings (SSSR count). The second-order valence-corrected chi connectivity index (χ2v) is 10.5. The molecule has 0 aromatic heterocycles. The lowest BCUT2D eigenvalue weighted by Gasteiger charge is -2.59. The van der Waals surface area contributed by atoms with Gasteiger partial charge in [0, 0.05) is 25.0 Å². The van der Waals surface area contributed by atoms with Crippen molar-refractivity contribution in [2.75, 3.05) is 19.6 Å². The van der Waals surface area contributed by atoms with Crippen molar-refractivity contribution >= 4 is 0 Å². The van der Waals surface area contributed by atoms with Crippen LogP contribution in [0.3, 0.4) is 0 Å². The third kappa shape index (κ3) is 2.28. The molecule has 0 amide bonds. The summed E-state index contributed by atoms with van der Waals surface area (Å²) < 4.78 is 0. The summed E-state index contributed by atoms with van der Waals surface area (Å²) >= 11 is 0. The average Bonchev–Trinajstić information content (AvgIpc) is 3.33. The minimum Gasteiger partial charge on any atom is -0.393 e. The molecule has 0 radical (unpaired) electrons. The number of β-amino-alcohol motifs (C(OH)–C–C–N with tert-alkyl or cyclic N) is 1. The van der Waals surface area contributed by atoms with Crippen molar-refractivity contribution in [2.45, 2.75) is 76.9 Å². The first-order chi connectivity index (χ1) is 11.9. The Kier molecular flexibility index (Phi) is 3.57. The van der Waals surface area contributed by atoms with Crippen LogP contribution in [0.4, 0.5) is 0 Å². The summed E-state index contributed by atoms with van der Waals surface area (Å²) in [6.45, 7) is 8.17. The van der Waals surface area contributed by atoms with E-state index < -0.39 is 5.60 Å². The first-order valence-corrected chi connectivity index (χ1v) is 10.7. The van der Waals surface area contributed by atoms with Crippen molar-refractivity contribution in [3.63, 3.8) is 0 Å². The van der Waals surface area contributed by atoms with Crippen LogP contribution in [0.1, 0.15) is 65.2 Å². The van der Waals surface area contributed by atoms with Crippen molar-refractivity contribution in [3.8, 4) is 0 Å². The van der Waals surface area contributed by atoms with E-state index >= 15 is 0 Å². The molecule has 0 unspecified atom stereocenters. The van der Waals surface area contributed by atoms with Gasteiger partial charge in [-0.25, -0.2) is 0 Å². The quantitative estimate of drug-likeness (QED) is 0.596. The Bertz CT molecular complexity index is 599. The van der Waals surface area contributed by atoms with E-state index in [1.54, 1.807) is 5.57 Å². The van der Waals surface area contributed by atoms with E-state index in [0.29, 0.717) is 11.3 Å². The molecule has 140 valence electrons. The fourth-order valence-electron chi connectivity index (χ4n) is 7.61. The topological polar surface area (TPSA) is 43.5 Å². The van der Waals surface area contributed by atoms with Gasteiger partial charge in [-0.1, -0.05) is 25.5 Å². The van der Waals surface area contributed by atoms with Crippen LogP contribution < -0.4 is 0 Å². The molecule has 0 bridgehead atoms. The summed E-state index contributed by atoms with van der Waals surface area (Å²) in [5.41, 5.74) is 1.50. The number of hydrogen-bond acceptors (Lipinski definition) is 3. The van der Waals surface area contributed by atoms with Crippen LogP contribution in [0.2, 0.25) is 0 Å². The molecule has 3 heteroatoms. The molecule has 1 aliphatic heterocycles. The minimum absolute atomic E-state index is 0.104. The zero-order valence-corrected chi connectivity index (χ0v) is 16.0. The van der Waals surface area contributed by atoms with E-state index in [1.165, 1.54) is 38.8 Å². The zero-order valence-electron chi connectivity index (χ0n) is 16.0. The standard InChI is InChI=1S/C22H35NO2/c1-20-8-5-16(24)13-15(20)3-4-17-18(20)6-9-21(2)19(17)7-10-22(21,25)14-23-11-12-23/h3,16-19,24-25H,4-14H2,1-2H3/t16-,17+,18-,19-,20+,21+,22-/m1/s1. The number of aliphatic hydroxyl groups excluding tert-OH is 1. The van der Waals surface area contributed by atoms with E-state index in [2.05, 4.69) is 24.8 Å². The van der Waals surface area contributed by atoms with Gasteiger partial charge in [-0.15, -0.1) is 0 Å². The van der Waals surface area contributed by atoms with Crippen LogP contribution in [0.25, 0.3) is 0 Å². The molecule has 25 heavy (non-hydrogen) atoms. The molecule has 4 aliphatic carbocycles. The summed E-state index contributed by atoms with van der Waals surface area (Å²) in [7, 11) is 0. The Labute approximate surface area is 152 Å². The predicted octanol–water partition coefficient (Wildman–Crippen LogP) is 3.36. The highest BCUT2D eigenvalue weighted by Gasteiger charge is 2.64. The second kappa shape index (κ2) is 5.33. The molecule has 0 aromatic carbocycles. The Morgan fingerprint density at radius 1 is 1.08 bits per heavy atom. The normalized spacial score (nSPS) is 55.1. The van der Waals surface area contributed by atoms with Gasteiger partial charge in [-0.2, -0.15) is 0 Å². The summed E-state index contributed by atoms with van der Waals surface area (Å²) in [4.78, 5) is 2.42. The molecule has 0 aromatic rings. The van der Waals surface area contributed by atoms with Gasteiger partial charge in [-0.05, 0) is 74.5 Å². The monoisotopic (exact) mass is 345 g/mol. The van der Waals surface area contributed by atoms with E-state index in [1.807, 2.05) is 0 Å². The van der Waals surface area contributed by atoms with E-state index in [-0.39, 0.29) is 11.5 Å². The van der Waals surface area contributed by atoms with Crippen LogP contribution in [-0.2, 0) is 0 Å². The Morgan fingerprint density at radius 2 is 1.84 bits per heavy atom. The Balaban J connectivity index is 1.45. The van der Waals surface area contributed by atoms with Crippen molar-refractivity contribution < 1.29 is 10.2 Å². The highest BCUT2D eigenvalue weighted by molar-refractivity contribution is 5.26. The van der Waals surface area contributed by atoms with E-state index in [9.17, 15) is 10.2 Å². The highest BCUT2D eigenvalue weighted by Crippen LogP contribution is 2.67. The molecule has 3 saturated carbocycles. The van der Waals surface area contributed by atoms with Gasteiger partial charge in [0.15, 0.2) is 0 Å².